The molecule has 0 aromatic heterocycles. The number of imide groups is 1. The van der Waals surface area contributed by atoms with E-state index in [4.69, 9.17) is 4.74 Å². The smallest absolute Gasteiger partial charge is 0.329 e. The van der Waals surface area contributed by atoms with Crippen molar-refractivity contribution in [3.8, 4) is 0 Å². The van der Waals surface area contributed by atoms with Crippen LogP contribution in [0.4, 0.5) is 4.39 Å². The molecule has 1 saturated carbocycles. The maximum atomic E-state index is 12.9. The molecule has 1 N–H and O–H groups in total. The monoisotopic (exact) mass is 390 g/mol. The van der Waals surface area contributed by atoms with Crippen molar-refractivity contribution in [2.24, 2.45) is 11.8 Å². The molecule has 1 aliphatic carbocycles. The van der Waals surface area contributed by atoms with Gasteiger partial charge >= 0.3 is 5.97 Å². The first-order valence-corrected chi connectivity index (χ1v) is 9.43. The lowest BCUT2D eigenvalue weighted by atomic mass is 9.81. The molecule has 2 aliphatic rings. The Hall–Kier alpha value is -2.77. The first-order valence-electron chi connectivity index (χ1n) is 9.43. The Morgan fingerprint density at radius 2 is 1.71 bits per heavy atom. The quantitative estimate of drug-likeness (QED) is 0.588. The van der Waals surface area contributed by atoms with E-state index in [1.807, 2.05) is 0 Å². The lowest BCUT2D eigenvalue weighted by molar-refractivity contribution is -0.159. The van der Waals surface area contributed by atoms with E-state index in [9.17, 15) is 23.6 Å². The number of carbonyl (C=O) groups excluding carboxylic acids is 4. The number of likely N-dealkylation sites (tertiary alicyclic amines) is 1. The predicted molar refractivity (Wildman–Crippen MR) is 96.0 cm³/mol. The molecular formula is C20H23FN2O5. The lowest BCUT2D eigenvalue weighted by Gasteiger charge is -2.21. The maximum Gasteiger partial charge on any atom is 0.329 e. The van der Waals surface area contributed by atoms with E-state index in [0.29, 0.717) is 18.4 Å². The highest BCUT2D eigenvalue weighted by atomic mass is 19.1. The summed E-state index contributed by atoms with van der Waals surface area (Å²) in [4.78, 5) is 50.1. The topological polar surface area (TPSA) is 92.8 Å². The number of hydrogen-bond acceptors (Lipinski definition) is 5. The van der Waals surface area contributed by atoms with Crippen molar-refractivity contribution in [1.29, 1.82) is 0 Å². The molecular weight excluding hydrogens is 367 g/mol. The first kappa shape index (κ1) is 20.0. The Morgan fingerprint density at radius 1 is 1.14 bits per heavy atom. The number of nitrogens with zero attached hydrogens (tertiary/aromatic N) is 1. The Labute approximate surface area is 162 Å². The molecule has 0 unspecified atom stereocenters. The molecule has 150 valence electrons. The van der Waals surface area contributed by atoms with Crippen molar-refractivity contribution in [3.05, 3.63) is 35.6 Å². The van der Waals surface area contributed by atoms with E-state index in [-0.39, 0.29) is 36.0 Å². The molecule has 7 nitrogen and oxygen atoms in total. The number of fused-ring (bicyclic) bond motifs is 1. The van der Waals surface area contributed by atoms with Gasteiger partial charge in [0.1, 0.15) is 11.9 Å². The summed E-state index contributed by atoms with van der Waals surface area (Å²) in [5.41, 5.74) is 0.699. The van der Waals surface area contributed by atoms with Crippen LogP contribution in [0.15, 0.2) is 24.3 Å². The van der Waals surface area contributed by atoms with Gasteiger partial charge in [-0.15, -0.1) is 0 Å². The molecule has 1 saturated heterocycles. The highest BCUT2D eigenvalue weighted by Crippen LogP contribution is 2.38. The van der Waals surface area contributed by atoms with Gasteiger partial charge in [-0.25, -0.2) is 9.18 Å². The SMILES string of the molecule is C[C@@H](C(=O)OCC(=O)NCc1ccc(F)cc1)N1C(=O)[C@H]2CCCC[C@@H]2C1=O. The second kappa shape index (κ2) is 8.50. The van der Waals surface area contributed by atoms with Gasteiger partial charge in [0.05, 0.1) is 11.8 Å². The van der Waals surface area contributed by atoms with Crippen LogP contribution in [0.5, 0.6) is 0 Å². The van der Waals surface area contributed by atoms with Crippen molar-refractivity contribution < 1.29 is 28.3 Å². The van der Waals surface area contributed by atoms with E-state index in [1.54, 1.807) is 0 Å². The third kappa shape index (κ3) is 4.21. The maximum absolute atomic E-state index is 12.9. The second-order valence-corrected chi connectivity index (χ2v) is 7.23. The fraction of sp³-hybridized carbons (Fsp3) is 0.500. The van der Waals surface area contributed by atoms with Crippen molar-refractivity contribution in [3.63, 3.8) is 0 Å². The molecule has 1 aromatic carbocycles. The summed E-state index contributed by atoms with van der Waals surface area (Å²) in [6, 6.07) is 4.58. The van der Waals surface area contributed by atoms with Gasteiger partial charge < -0.3 is 10.1 Å². The first-order chi connectivity index (χ1) is 13.4. The van der Waals surface area contributed by atoms with Crippen LogP contribution in [0.1, 0.15) is 38.2 Å². The van der Waals surface area contributed by atoms with Crippen LogP contribution in [0, 0.1) is 17.7 Å². The van der Waals surface area contributed by atoms with E-state index in [0.717, 1.165) is 17.7 Å². The second-order valence-electron chi connectivity index (χ2n) is 7.23. The minimum Gasteiger partial charge on any atom is -0.454 e. The van der Waals surface area contributed by atoms with Gasteiger partial charge in [-0.3, -0.25) is 19.3 Å². The van der Waals surface area contributed by atoms with E-state index in [1.165, 1.54) is 31.2 Å². The number of amides is 3. The van der Waals surface area contributed by atoms with Crippen molar-refractivity contribution in [2.45, 2.75) is 45.2 Å². The third-order valence-electron chi connectivity index (χ3n) is 5.35. The number of halogens is 1. The van der Waals surface area contributed by atoms with Gasteiger partial charge in [-0.1, -0.05) is 25.0 Å². The summed E-state index contributed by atoms with van der Waals surface area (Å²) in [7, 11) is 0. The third-order valence-corrected chi connectivity index (χ3v) is 5.35. The van der Waals surface area contributed by atoms with Gasteiger partial charge in [0.15, 0.2) is 6.61 Å². The predicted octanol–water partition coefficient (Wildman–Crippen LogP) is 1.55. The van der Waals surface area contributed by atoms with E-state index >= 15 is 0 Å². The number of esters is 1. The summed E-state index contributed by atoms with van der Waals surface area (Å²) in [6.07, 6.45) is 3.14. The standard InChI is InChI=1S/C20H23FN2O5/c1-12(23-18(25)15-4-2-3-5-16(15)19(23)26)20(27)28-11-17(24)22-10-13-6-8-14(21)9-7-13/h6-9,12,15-16H,2-5,10-11H2,1H3,(H,22,24)/t12-,15-,16-/m0/s1. The number of nitrogens with one attached hydrogen (secondary N) is 1. The van der Waals surface area contributed by atoms with Crippen molar-refractivity contribution >= 4 is 23.7 Å². The van der Waals surface area contributed by atoms with E-state index < -0.39 is 24.5 Å². The Kier molecular flexibility index (Phi) is 6.06. The summed E-state index contributed by atoms with van der Waals surface area (Å²) in [5.74, 6) is -3.01. The minimum absolute atomic E-state index is 0.165. The molecule has 0 bridgehead atoms. The summed E-state index contributed by atoms with van der Waals surface area (Å²) in [5, 5.41) is 2.55. The van der Waals surface area contributed by atoms with Gasteiger partial charge in [0.2, 0.25) is 11.8 Å². The van der Waals surface area contributed by atoms with Crippen LogP contribution in [0.2, 0.25) is 0 Å². The molecule has 8 heteroatoms. The fourth-order valence-electron chi connectivity index (χ4n) is 3.79. The zero-order valence-electron chi connectivity index (χ0n) is 15.7. The van der Waals surface area contributed by atoms with Crippen LogP contribution in [0.25, 0.3) is 0 Å². The fourth-order valence-corrected chi connectivity index (χ4v) is 3.79. The summed E-state index contributed by atoms with van der Waals surface area (Å²) in [6.45, 7) is 1.08. The van der Waals surface area contributed by atoms with Crippen LogP contribution in [0.3, 0.4) is 0 Å². The molecule has 3 amide bonds. The molecule has 0 spiro atoms. The minimum atomic E-state index is -1.06. The average Bonchev–Trinajstić information content (AvgIpc) is 2.96. The number of hydrogen-bond donors (Lipinski definition) is 1. The zero-order chi connectivity index (χ0) is 20.3. The molecule has 1 aliphatic heterocycles. The Balaban J connectivity index is 1.48. The number of benzene rings is 1. The Bertz CT molecular complexity index is 755. The summed E-state index contributed by atoms with van der Waals surface area (Å²) >= 11 is 0. The Morgan fingerprint density at radius 3 is 2.29 bits per heavy atom. The molecule has 1 aromatic rings. The number of ether oxygens (including phenoxy) is 1. The largest absolute Gasteiger partial charge is 0.454 e. The highest BCUT2D eigenvalue weighted by Gasteiger charge is 2.51. The zero-order valence-corrected chi connectivity index (χ0v) is 15.7. The van der Waals surface area contributed by atoms with Crippen molar-refractivity contribution in [2.75, 3.05) is 6.61 Å². The normalized spacial score (nSPS) is 22.6. The lowest BCUT2D eigenvalue weighted by Crippen LogP contribution is -2.45. The molecule has 2 fully saturated rings. The van der Waals surface area contributed by atoms with Gasteiger partial charge in [-0.05, 0) is 37.5 Å². The number of carbonyl (C=O) groups is 4. The molecule has 28 heavy (non-hydrogen) atoms. The average molecular weight is 390 g/mol. The van der Waals surface area contributed by atoms with E-state index in [2.05, 4.69) is 5.32 Å². The van der Waals surface area contributed by atoms with Crippen molar-refractivity contribution in [1.82, 2.24) is 10.2 Å². The van der Waals surface area contributed by atoms with Crippen LogP contribution in [-0.4, -0.2) is 41.2 Å². The van der Waals surface area contributed by atoms with Crippen LogP contribution < -0.4 is 5.32 Å². The van der Waals surface area contributed by atoms with Crippen LogP contribution >= 0.6 is 0 Å². The van der Waals surface area contributed by atoms with Gasteiger partial charge in [-0.2, -0.15) is 0 Å². The highest BCUT2D eigenvalue weighted by molar-refractivity contribution is 6.07. The van der Waals surface area contributed by atoms with Crippen LogP contribution in [-0.2, 0) is 30.5 Å². The number of rotatable bonds is 6. The molecule has 3 atom stereocenters. The molecule has 1 heterocycles. The van der Waals surface area contributed by atoms with Gasteiger partial charge in [0, 0.05) is 6.54 Å². The summed E-state index contributed by atoms with van der Waals surface area (Å²) < 4.78 is 17.8. The molecule has 0 radical (unpaired) electrons. The van der Waals surface area contributed by atoms with Gasteiger partial charge in [0.25, 0.3) is 5.91 Å². The molecule has 3 rings (SSSR count).